The summed E-state index contributed by atoms with van der Waals surface area (Å²) in [5.74, 6) is 0.193. The van der Waals surface area contributed by atoms with Crippen LogP contribution in [0.2, 0.25) is 5.02 Å². The van der Waals surface area contributed by atoms with Gasteiger partial charge in [0.2, 0.25) is 0 Å². The van der Waals surface area contributed by atoms with E-state index >= 15 is 0 Å². The van der Waals surface area contributed by atoms with E-state index in [1.807, 2.05) is 32.0 Å². The highest BCUT2D eigenvalue weighted by molar-refractivity contribution is 6.33. The summed E-state index contributed by atoms with van der Waals surface area (Å²) in [4.78, 5) is 11.9. The van der Waals surface area contributed by atoms with Gasteiger partial charge in [0.05, 0.1) is 23.0 Å². The molecule has 0 saturated heterocycles. The maximum Gasteiger partial charge on any atom is 0.259 e. The lowest BCUT2D eigenvalue weighted by Gasteiger charge is -2.22. The fourth-order valence-electron chi connectivity index (χ4n) is 2.37. The van der Waals surface area contributed by atoms with E-state index in [-0.39, 0.29) is 12.5 Å². The minimum Gasteiger partial charge on any atom is -0.375 e. The number of rotatable bonds is 5. The summed E-state index contributed by atoms with van der Waals surface area (Å²) >= 11 is 6.03. The Morgan fingerprint density at radius 1 is 1.43 bits per heavy atom. The van der Waals surface area contributed by atoms with Gasteiger partial charge in [-0.3, -0.25) is 4.79 Å². The number of nitrogens with one attached hydrogen (secondary N) is 2. The zero-order valence-corrected chi connectivity index (χ0v) is 14.3. The Morgan fingerprint density at radius 3 is 2.87 bits per heavy atom. The van der Waals surface area contributed by atoms with E-state index in [2.05, 4.69) is 28.5 Å². The minimum absolute atomic E-state index is 0.118. The molecule has 0 aromatic heterocycles. The van der Waals surface area contributed by atoms with Crippen LogP contribution in [0.15, 0.2) is 53.2 Å². The molecule has 1 amide bonds. The number of hydrogen-bond acceptors (Lipinski definition) is 3. The van der Waals surface area contributed by atoms with Crippen molar-refractivity contribution in [1.82, 2.24) is 5.43 Å². The molecule has 1 aromatic carbocycles. The number of benzene rings is 1. The van der Waals surface area contributed by atoms with Crippen LogP contribution in [0.3, 0.4) is 0 Å². The highest BCUT2D eigenvalue weighted by atomic mass is 35.5. The van der Waals surface area contributed by atoms with E-state index in [4.69, 9.17) is 11.6 Å². The van der Waals surface area contributed by atoms with Crippen molar-refractivity contribution in [3.8, 4) is 0 Å². The largest absolute Gasteiger partial charge is 0.375 e. The molecule has 1 aliphatic rings. The number of hydrazone groups is 1. The summed E-state index contributed by atoms with van der Waals surface area (Å²) in [6.07, 6.45) is 3.95. The second-order valence-electron chi connectivity index (χ2n) is 5.80. The van der Waals surface area contributed by atoms with Crippen molar-refractivity contribution in [3.63, 3.8) is 0 Å². The summed E-state index contributed by atoms with van der Waals surface area (Å²) in [5, 5.41) is 7.85. The zero-order valence-electron chi connectivity index (χ0n) is 13.5. The fourth-order valence-corrected chi connectivity index (χ4v) is 2.58. The molecule has 1 aromatic rings. The average molecular weight is 332 g/mol. The minimum atomic E-state index is -0.206. The Kier molecular flexibility index (Phi) is 5.99. The van der Waals surface area contributed by atoms with Crippen LogP contribution in [-0.4, -0.2) is 18.2 Å². The summed E-state index contributed by atoms with van der Waals surface area (Å²) in [7, 11) is 0. The van der Waals surface area contributed by atoms with Crippen LogP contribution in [0.4, 0.5) is 5.69 Å². The van der Waals surface area contributed by atoms with Crippen molar-refractivity contribution in [2.45, 2.75) is 26.7 Å². The second-order valence-corrected chi connectivity index (χ2v) is 6.20. The molecule has 0 bridgehead atoms. The molecule has 0 spiro atoms. The number of amides is 1. The van der Waals surface area contributed by atoms with E-state index in [9.17, 15) is 4.79 Å². The van der Waals surface area contributed by atoms with Crippen molar-refractivity contribution < 1.29 is 4.79 Å². The zero-order chi connectivity index (χ0) is 16.8. The molecule has 0 heterocycles. The Hall–Kier alpha value is -2.07. The lowest BCUT2D eigenvalue weighted by molar-refractivity contribution is -0.119. The van der Waals surface area contributed by atoms with E-state index < -0.39 is 0 Å². The second kappa shape index (κ2) is 7.97. The van der Waals surface area contributed by atoms with Gasteiger partial charge in [-0.15, -0.1) is 0 Å². The molecule has 122 valence electrons. The van der Waals surface area contributed by atoms with Gasteiger partial charge >= 0.3 is 0 Å². The van der Waals surface area contributed by atoms with Crippen LogP contribution in [0, 0.1) is 5.92 Å². The average Bonchev–Trinajstić information content (AvgIpc) is 2.53. The number of carbonyl (C=O) groups excluding carboxylic acids is 1. The number of allylic oxidation sites excluding steroid dienone is 3. The molecular formula is C18H22ClN3O. The molecule has 5 heteroatoms. The SMILES string of the molecule is C=C(C)C1CC=C(C)C(=NNC(=O)CNc2ccccc2Cl)C1. The van der Waals surface area contributed by atoms with Crippen LogP contribution in [0.5, 0.6) is 0 Å². The Morgan fingerprint density at radius 2 is 2.17 bits per heavy atom. The predicted octanol–water partition coefficient (Wildman–Crippen LogP) is 4.16. The van der Waals surface area contributed by atoms with Gasteiger partial charge in [-0.25, -0.2) is 5.43 Å². The van der Waals surface area contributed by atoms with Crippen molar-refractivity contribution in [2.24, 2.45) is 11.0 Å². The van der Waals surface area contributed by atoms with Crippen molar-refractivity contribution in [3.05, 3.63) is 53.1 Å². The summed E-state index contributed by atoms with van der Waals surface area (Å²) < 4.78 is 0. The van der Waals surface area contributed by atoms with E-state index in [0.29, 0.717) is 10.9 Å². The van der Waals surface area contributed by atoms with Gasteiger partial charge in [0.1, 0.15) is 0 Å². The third-order valence-electron chi connectivity index (χ3n) is 3.93. The van der Waals surface area contributed by atoms with Gasteiger partial charge in [0.15, 0.2) is 0 Å². The number of anilines is 1. The van der Waals surface area contributed by atoms with E-state index in [1.165, 1.54) is 0 Å². The summed E-state index contributed by atoms with van der Waals surface area (Å²) in [6.45, 7) is 8.18. The number of carbonyl (C=O) groups is 1. The van der Waals surface area contributed by atoms with Crippen LogP contribution in [0.1, 0.15) is 26.7 Å². The number of nitrogens with zero attached hydrogens (tertiary/aromatic N) is 1. The lowest BCUT2D eigenvalue weighted by atomic mass is 9.85. The maximum atomic E-state index is 11.9. The third-order valence-corrected chi connectivity index (χ3v) is 4.26. The first-order valence-electron chi connectivity index (χ1n) is 7.63. The van der Waals surface area contributed by atoms with Crippen LogP contribution in [-0.2, 0) is 4.79 Å². The van der Waals surface area contributed by atoms with Crippen molar-refractivity contribution in [2.75, 3.05) is 11.9 Å². The fraction of sp³-hybridized carbons (Fsp3) is 0.333. The van der Waals surface area contributed by atoms with Gasteiger partial charge in [-0.05, 0) is 50.3 Å². The summed E-state index contributed by atoms with van der Waals surface area (Å²) in [6, 6.07) is 7.30. The van der Waals surface area contributed by atoms with Crippen molar-refractivity contribution >= 4 is 28.9 Å². The van der Waals surface area contributed by atoms with E-state index in [1.54, 1.807) is 6.07 Å². The quantitative estimate of drug-likeness (QED) is 0.629. The molecule has 0 aliphatic heterocycles. The maximum absolute atomic E-state index is 11.9. The van der Waals surface area contributed by atoms with E-state index in [0.717, 1.165) is 35.4 Å². The molecule has 1 atom stereocenters. The molecule has 2 N–H and O–H groups in total. The Balaban J connectivity index is 1.90. The van der Waals surface area contributed by atoms with Gasteiger partial charge < -0.3 is 5.32 Å². The highest BCUT2D eigenvalue weighted by Crippen LogP contribution is 2.26. The smallest absolute Gasteiger partial charge is 0.259 e. The molecule has 4 nitrogen and oxygen atoms in total. The molecule has 2 rings (SSSR count). The predicted molar refractivity (Wildman–Crippen MR) is 96.8 cm³/mol. The van der Waals surface area contributed by atoms with Gasteiger partial charge in [0.25, 0.3) is 5.91 Å². The molecule has 0 saturated carbocycles. The monoisotopic (exact) mass is 331 g/mol. The first kappa shape index (κ1) is 17.3. The standard InChI is InChI=1S/C18H22ClN3O/c1-12(2)14-9-8-13(3)17(10-14)21-22-18(23)11-20-16-7-5-4-6-15(16)19/h4-8,14,20H,1,9-11H2,2-3H3,(H,22,23). The van der Waals surface area contributed by atoms with Gasteiger partial charge in [0, 0.05) is 0 Å². The first-order valence-corrected chi connectivity index (χ1v) is 8.01. The lowest BCUT2D eigenvalue weighted by Crippen LogP contribution is -2.28. The number of hydrogen-bond donors (Lipinski definition) is 2. The highest BCUT2D eigenvalue weighted by Gasteiger charge is 2.18. The van der Waals surface area contributed by atoms with Gasteiger partial charge in [-0.1, -0.05) is 42.0 Å². The summed E-state index contributed by atoms with van der Waals surface area (Å²) in [5.41, 5.74) is 6.51. The topological polar surface area (TPSA) is 53.5 Å². The number of halogens is 1. The van der Waals surface area contributed by atoms with Crippen LogP contribution in [0.25, 0.3) is 0 Å². The number of para-hydroxylation sites is 1. The molecule has 1 unspecified atom stereocenters. The molecular weight excluding hydrogens is 310 g/mol. The van der Waals surface area contributed by atoms with Crippen molar-refractivity contribution in [1.29, 1.82) is 0 Å². The third kappa shape index (κ3) is 4.96. The Labute approximate surface area is 142 Å². The molecule has 0 radical (unpaired) electrons. The Bertz CT molecular complexity index is 664. The van der Waals surface area contributed by atoms with Crippen LogP contribution >= 0.6 is 11.6 Å². The van der Waals surface area contributed by atoms with Crippen LogP contribution < -0.4 is 10.7 Å². The molecule has 1 aliphatic carbocycles. The molecule has 0 fully saturated rings. The molecule has 23 heavy (non-hydrogen) atoms. The van der Waals surface area contributed by atoms with Gasteiger partial charge in [-0.2, -0.15) is 5.10 Å². The first-order chi connectivity index (χ1) is 11.0. The normalized spacial score (nSPS) is 19.2.